The van der Waals surface area contributed by atoms with E-state index in [-0.39, 0.29) is 23.3 Å². The summed E-state index contributed by atoms with van der Waals surface area (Å²) >= 11 is 0. The third kappa shape index (κ3) is 4.47. The molecule has 1 aliphatic rings. The Kier molecular flexibility index (Phi) is 5.03. The lowest BCUT2D eigenvalue weighted by molar-refractivity contribution is 0.0241. The predicted octanol–water partition coefficient (Wildman–Crippen LogP) is 2.56. The normalized spacial score (nSPS) is 29.1. The van der Waals surface area contributed by atoms with Gasteiger partial charge in [-0.15, -0.1) is 0 Å². The molecule has 0 bridgehead atoms. The van der Waals surface area contributed by atoms with E-state index >= 15 is 0 Å². The molecule has 5 nitrogen and oxygen atoms in total. The summed E-state index contributed by atoms with van der Waals surface area (Å²) < 4.78 is 6.28. The molecule has 0 aromatic heterocycles. The largest absolute Gasteiger partial charge is 0.465 e. The molecule has 1 saturated carbocycles. The molecule has 0 aromatic carbocycles. The lowest BCUT2D eigenvalue weighted by Crippen LogP contribution is -2.54. The number of rotatable bonds is 3. The van der Waals surface area contributed by atoms with Gasteiger partial charge in [0.15, 0.2) is 8.32 Å². The average Bonchev–Trinajstić information content (AvgIpc) is 2.19. The molecule has 6 heteroatoms. The number of carboxylic acid groups (broad SMARTS) is 1. The highest BCUT2D eigenvalue weighted by Crippen LogP contribution is 2.39. The highest BCUT2D eigenvalue weighted by Gasteiger charge is 2.42. The van der Waals surface area contributed by atoms with Gasteiger partial charge in [0.1, 0.15) is 0 Å². The highest BCUT2D eigenvalue weighted by atomic mass is 28.4. The predicted molar refractivity (Wildman–Crippen MR) is 76.9 cm³/mol. The first-order valence-electron chi connectivity index (χ1n) is 6.88. The molecule has 0 saturated heterocycles. The van der Waals surface area contributed by atoms with Crippen LogP contribution in [0.2, 0.25) is 18.1 Å². The van der Waals surface area contributed by atoms with Crippen LogP contribution < -0.4 is 5.32 Å². The molecule has 1 amide bonds. The zero-order chi connectivity index (χ0) is 14.8. The molecule has 3 N–H and O–H groups in total. The Morgan fingerprint density at radius 3 is 2.37 bits per heavy atom. The number of nitrogens with one attached hydrogen (secondary N) is 1. The van der Waals surface area contributed by atoms with Crippen LogP contribution in [0.4, 0.5) is 4.79 Å². The zero-order valence-electron chi connectivity index (χ0n) is 12.6. The van der Waals surface area contributed by atoms with E-state index in [2.05, 4.69) is 39.2 Å². The van der Waals surface area contributed by atoms with Crippen LogP contribution in [-0.4, -0.2) is 42.9 Å². The minimum Gasteiger partial charge on any atom is -0.465 e. The van der Waals surface area contributed by atoms with Crippen molar-refractivity contribution in [3.63, 3.8) is 0 Å². The Balaban J connectivity index is 2.77. The maximum Gasteiger partial charge on any atom is 0.404 e. The summed E-state index contributed by atoms with van der Waals surface area (Å²) in [4.78, 5) is 10.8. The van der Waals surface area contributed by atoms with Gasteiger partial charge in [0.05, 0.1) is 18.2 Å². The second-order valence-electron chi connectivity index (χ2n) is 6.94. The molecule has 1 fully saturated rings. The molecule has 1 rings (SSSR count). The van der Waals surface area contributed by atoms with Gasteiger partial charge >= 0.3 is 6.09 Å². The summed E-state index contributed by atoms with van der Waals surface area (Å²) in [6.45, 7) is 10.7. The van der Waals surface area contributed by atoms with Crippen molar-refractivity contribution in [2.75, 3.05) is 0 Å². The summed E-state index contributed by atoms with van der Waals surface area (Å²) in [5.74, 6) is 0. The standard InChI is InChI=1S/C13H27NO4Si/c1-13(2,3)19(4,5)18-11-8-9(15)6-7-10(11)14-12(16)17/h9-11,14-15H,6-8H2,1-5H3,(H,16,17)/t9-,10-,11+/m1/s1. The summed E-state index contributed by atoms with van der Waals surface area (Å²) in [6, 6.07) is -0.213. The van der Waals surface area contributed by atoms with Gasteiger partial charge in [-0.2, -0.15) is 0 Å². The Morgan fingerprint density at radius 1 is 1.32 bits per heavy atom. The van der Waals surface area contributed by atoms with Gasteiger partial charge in [0, 0.05) is 6.42 Å². The third-order valence-corrected chi connectivity index (χ3v) is 8.83. The second kappa shape index (κ2) is 5.81. The van der Waals surface area contributed by atoms with Crippen LogP contribution in [0, 0.1) is 0 Å². The molecule has 0 unspecified atom stereocenters. The fourth-order valence-electron chi connectivity index (χ4n) is 2.12. The summed E-state index contributed by atoms with van der Waals surface area (Å²) in [6.07, 6.45) is 0.138. The maximum absolute atomic E-state index is 10.8. The number of carbonyl (C=O) groups is 1. The van der Waals surface area contributed by atoms with Gasteiger partial charge in [0.2, 0.25) is 0 Å². The van der Waals surface area contributed by atoms with Gasteiger partial charge < -0.3 is 20.0 Å². The van der Waals surface area contributed by atoms with E-state index in [1.807, 2.05) is 0 Å². The number of aliphatic hydroxyl groups is 1. The topological polar surface area (TPSA) is 78.8 Å². The van der Waals surface area contributed by atoms with Crippen molar-refractivity contribution in [2.45, 2.75) is 76.4 Å². The monoisotopic (exact) mass is 289 g/mol. The van der Waals surface area contributed by atoms with Crippen LogP contribution in [-0.2, 0) is 4.43 Å². The molecule has 19 heavy (non-hydrogen) atoms. The van der Waals surface area contributed by atoms with Gasteiger partial charge in [0.25, 0.3) is 0 Å². The summed E-state index contributed by atoms with van der Waals surface area (Å²) in [7, 11) is -1.96. The van der Waals surface area contributed by atoms with Gasteiger partial charge in [-0.05, 0) is 31.0 Å². The van der Waals surface area contributed by atoms with E-state index in [4.69, 9.17) is 9.53 Å². The molecule has 0 aliphatic heterocycles. The van der Waals surface area contributed by atoms with Crippen molar-refractivity contribution in [1.29, 1.82) is 0 Å². The fraction of sp³-hybridized carbons (Fsp3) is 0.923. The molecule has 3 atom stereocenters. The van der Waals surface area contributed by atoms with Crippen molar-refractivity contribution in [1.82, 2.24) is 5.32 Å². The quantitative estimate of drug-likeness (QED) is 0.698. The van der Waals surface area contributed by atoms with Crippen LogP contribution in [0.1, 0.15) is 40.0 Å². The molecule has 0 radical (unpaired) electrons. The average molecular weight is 289 g/mol. The van der Waals surface area contributed by atoms with Crippen molar-refractivity contribution in [2.24, 2.45) is 0 Å². The third-order valence-electron chi connectivity index (χ3n) is 4.33. The first kappa shape index (κ1) is 16.5. The molecule has 112 valence electrons. The van der Waals surface area contributed by atoms with E-state index in [0.717, 1.165) is 0 Å². The smallest absolute Gasteiger partial charge is 0.404 e. The first-order chi connectivity index (χ1) is 8.53. The number of hydrogen-bond donors (Lipinski definition) is 3. The zero-order valence-corrected chi connectivity index (χ0v) is 13.6. The van der Waals surface area contributed by atoms with Crippen LogP contribution in [0.25, 0.3) is 0 Å². The Hall–Kier alpha value is -0.593. The summed E-state index contributed by atoms with van der Waals surface area (Å²) in [5, 5.41) is 21.3. The summed E-state index contributed by atoms with van der Waals surface area (Å²) in [5.41, 5.74) is 0. The van der Waals surface area contributed by atoms with Crippen molar-refractivity contribution in [3.8, 4) is 0 Å². The fourth-order valence-corrected chi connectivity index (χ4v) is 3.49. The van der Waals surface area contributed by atoms with Gasteiger partial charge in [-0.1, -0.05) is 20.8 Å². The SMILES string of the molecule is CC(C)(C)[Si](C)(C)O[C@H]1C[C@H](O)CC[C@H]1NC(=O)O. The van der Waals surface area contributed by atoms with E-state index in [1.54, 1.807) is 0 Å². The maximum atomic E-state index is 10.8. The molecular weight excluding hydrogens is 262 g/mol. The van der Waals surface area contributed by atoms with E-state index in [9.17, 15) is 9.90 Å². The molecule has 0 heterocycles. The molecule has 0 aromatic rings. The van der Waals surface area contributed by atoms with Crippen LogP contribution >= 0.6 is 0 Å². The van der Waals surface area contributed by atoms with E-state index < -0.39 is 14.4 Å². The number of hydrogen-bond acceptors (Lipinski definition) is 3. The molecule has 1 aliphatic carbocycles. The molecular formula is C13H27NO4Si. The van der Waals surface area contributed by atoms with Gasteiger partial charge in [-0.25, -0.2) is 4.79 Å². The van der Waals surface area contributed by atoms with Crippen molar-refractivity contribution < 1.29 is 19.4 Å². The number of amides is 1. The Labute approximate surface area is 116 Å². The van der Waals surface area contributed by atoms with Crippen LogP contribution in [0.5, 0.6) is 0 Å². The minimum absolute atomic E-state index is 0.0726. The van der Waals surface area contributed by atoms with Crippen LogP contribution in [0.15, 0.2) is 0 Å². The lowest BCUT2D eigenvalue weighted by Gasteiger charge is -2.43. The lowest BCUT2D eigenvalue weighted by atomic mass is 9.90. The van der Waals surface area contributed by atoms with Crippen molar-refractivity contribution in [3.05, 3.63) is 0 Å². The minimum atomic E-state index is -1.96. The van der Waals surface area contributed by atoms with E-state index in [1.165, 1.54) is 0 Å². The van der Waals surface area contributed by atoms with E-state index in [0.29, 0.717) is 19.3 Å². The number of aliphatic hydroxyl groups excluding tert-OH is 1. The second-order valence-corrected chi connectivity index (χ2v) is 11.7. The van der Waals surface area contributed by atoms with Crippen molar-refractivity contribution >= 4 is 14.4 Å². The molecule has 0 spiro atoms. The highest BCUT2D eigenvalue weighted by molar-refractivity contribution is 6.74. The Bertz CT molecular complexity index is 327. The van der Waals surface area contributed by atoms with Gasteiger partial charge in [-0.3, -0.25) is 0 Å². The Morgan fingerprint density at radius 2 is 1.89 bits per heavy atom. The first-order valence-corrected chi connectivity index (χ1v) is 9.79. The van der Waals surface area contributed by atoms with Crippen LogP contribution in [0.3, 0.4) is 0 Å².